The summed E-state index contributed by atoms with van der Waals surface area (Å²) in [7, 11) is 0. The van der Waals surface area contributed by atoms with Crippen molar-refractivity contribution in [1.29, 1.82) is 0 Å². The van der Waals surface area contributed by atoms with E-state index >= 15 is 0 Å². The molecule has 2 nitrogen and oxygen atoms in total. The normalized spacial score (nSPS) is 12.4. The number of hydrogen-bond acceptors (Lipinski definition) is 3. The maximum atomic E-state index is 13.6. The topological polar surface area (TPSA) is 35.2 Å². The van der Waals surface area contributed by atoms with Gasteiger partial charge in [-0.1, -0.05) is 12.1 Å². The minimum atomic E-state index is -0.316. The molecule has 0 fully saturated rings. The number of rotatable bonds is 4. The molecule has 1 atom stereocenters. The fraction of sp³-hybridized carbons (Fsp3) is 0.231. The van der Waals surface area contributed by atoms with Gasteiger partial charge in [0.25, 0.3) is 0 Å². The maximum Gasteiger partial charge on any atom is 0.131 e. The molecule has 0 aliphatic carbocycles. The van der Waals surface area contributed by atoms with Gasteiger partial charge in [-0.15, -0.1) is 11.3 Å². The summed E-state index contributed by atoms with van der Waals surface area (Å²) in [5.74, 6) is 0.212. The molecule has 0 aliphatic rings. The summed E-state index contributed by atoms with van der Waals surface area (Å²) >= 11 is 1.62. The largest absolute Gasteiger partial charge is 0.488 e. The van der Waals surface area contributed by atoms with Crippen LogP contribution in [0.5, 0.6) is 5.75 Å². The summed E-state index contributed by atoms with van der Waals surface area (Å²) in [5.41, 5.74) is 6.14. The Morgan fingerprint density at radius 1 is 1.41 bits per heavy atom. The molecule has 0 aliphatic heterocycles. The van der Waals surface area contributed by atoms with E-state index in [1.165, 1.54) is 6.07 Å². The van der Waals surface area contributed by atoms with Crippen LogP contribution in [0.2, 0.25) is 0 Å². The zero-order valence-electron chi connectivity index (χ0n) is 9.52. The molecule has 2 aromatic rings. The van der Waals surface area contributed by atoms with Gasteiger partial charge in [0, 0.05) is 22.5 Å². The van der Waals surface area contributed by atoms with Crippen LogP contribution < -0.4 is 10.5 Å². The average Bonchev–Trinajstić information content (AvgIpc) is 2.78. The SMILES string of the molecule is CC(N)c1ccc(OCc2cccs2)cc1F. The Hall–Kier alpha value is -1.39. The summed E-state index contributed by atoms with van der Waals surface area (Å²) in [5, 5.41) is 1.98. The lowest BCUT2D eigenvalue weighted by Crippen LogP contribution is -2.07. The number of ether oxygens (including phenoxy) is 1. The Kier molecular flexibility index (Phi) is 3.76. The van der Waals surface area contributed by atoms with Crippen LogP contribution in [0.25, 0.3) is 0 Å². The van der Waals surface area contributed by atoms with E-state index in [1.54, 1.807) is 30.4 Å². The Labute approximate surface area is 104 Å². The van der Waals surface area contributed by atoms with Crippen molar-refractivity contribution in [2.75, 3.05) is 0 Å². The molecule has 0 radical (unpaired) electrons. The van der Waals surface area contributed by atoms with Crippen LogP contribution >= 0.6 is 11.3 Å². The van der Waals surface area contributed by atoms with Gasteiger partial charge in [0.2, 0.25) is 0 Å². The van der Waals surface area contributed by atoms with Gasteiger partial charge in [0.05, 0.1) is 0 Å². The highest BCUT2D eigenvalue weighted by Gasteiger charge is 2.08. The second-order valence-electron chi connectivity index (χ2n) is 3.84. The van der Waals surface area contributed by atoms with Crippen molar-refractivity contribution in [2.24, 2.45) is 5.73 Å². The number of thiophene rings is 1. The van der Waals surface area contributed by atoms with Crippen molar-refractivity contribution in [3.05, 3.63) is 52.0 Å². The molecule has 0 bridgehead atoms. The second-order valence-corrected chi connectivity index (χ2v) is 4.87. The van der Waals surface area contributed by atoms with E-state index in [0.717, 1.165) is 4.88 Å². The van der Waals surface area contributed by atoms with E-state index in [4.69, 9.17) is 10.5 Å². The van der Waals surface area contributed by atoms with Crippen LogP contribution in [0, 0.1) is 5.82 Å². The second kappa shape index (κ2) is 5.29. The molecule has 90 valence electrons. The number of benzene rings is 1. The zero-order chi connectivity index (χ0) is 12.3. The first-order valence-corrected chi connectivity index (χ1v) is 6.25. The predicted octanol–water partition coefficient (Wildman–Crippen LogP) is 3.49. The van der Waals surface area contributed by atoms with Crippen LogP contribution in [-0.4, -0.2) is 0 Å². The first kappa shape index (κ1) is 12.1. The molecule has 0 spiro atoms. The van der Waals surface area contributed by atoms with Crippen LogP contribution in [0.3, 0.4) is 0 Å². The minimum absolute atomic E-state index is 0.304. The first-order valence-electron chi connectivity index (χ1n) is 5.37. The molecule has 17 heavy (non-hydrogen) atoms. The molecule has 1 unspecified atom stereocenters. The van der Waals surface area contributed by atoms with Crippen LogP contribution in [0.15, 0.2) is 35.7 Å². The summed E-state index contributed by atoms with van der Waals surface area (Å²) in [6.45, 7) is 2.22. The minimum Gasteiger partial charge on any atom is -0.488 e. The number of halogens is 1. The standard InChI is InChI=1S/C13H14FNOS/c1-9(15)12-5-4-10(7-13(12)14)16-8-11-3-2-6-17-11/h2-7,9H,8,15H2,1H3. The highest BCUT2D eigenvalue weighted by atomic mass is 32.1. The van der Waals surface area contributed by atoms with Gasteiger partial charge in [-0.25, -0.2) is 4.39 Å². The van der Waals surface area contributed by atoms with Gasteiger partial charge >= 0.3 is 0 Å². The quantitative estimate of drug-likeness (QED) is 0.902. The van der Waals surface area contributed by atoms with Gasteiger partial charge in [-0.05, 0) is 24.4 Å². The smallest absolute Gasteiger partial charge is 0.131 e. The molecule has 2 N–H and O–H groups in total. The molecule has 0 saturated heterocycles. The molecule has 2 rings (SSSR count). The molecule has 1 heterocycles. The van der Waals surface area contributed by atoms with Crippen molar-refractivity contribution in [3.63, 3.8) is 0 Å². The highest BCUT2D eigenvalue weighted by Crippen LogP contribution is 2.22. The van der Waals surface area contributed by atoms with Gasteiger partial charge in [-0.3, -0.25) is 0 Å². The monoisotopic (exact) mass is 251 g/mol. The lowest BCUT2D eigenvalue weighted by molar-refractivity contribution is 0.308. The van der Waals surface area contributed by atoms with E-state index < -0.39 is 0 Å². The summed E-state index contributed by atoms with van der Waals surface area (Å²) in [6.07, 6.45) is 0. The average molecular weight is 251 g/mol. The molecule has 1 aromatic heterocycles. The van der Waals surface area contributed by atoms with Crippen LogP contribution in [0.4, 0.5) is 4.39 Å². The summed E-state index contributed by atoms with van der Waals surface area (Å²) in [6, 6.07) is 8.44. The number of nitrogens with two attached hydrogens (primary N) is 1. The predicted molar refractivity (Wildman–Crippen MR) is 67.7 cm³/mol. The van der Waals surface area contributed by atoms with E-state index in [2.05, 4.69) is 0 Å². The van der Waals surface area contributed by atoms with Gasteiger partial charge in [0.15, 0.2) is 0 Å². The van der Waals surface area contributed by atoms with E-state index in [9.17, 15) is 4.39 Å². The van der Waals surface area contributed by atoms with Crippen molar-refractivity contribution >= 4 is 11.3 Å². The molecule has 0 saturated carbocycles. The Morgan fingerprint density at radius 3 is 2.82 bits per heavy atom. The van der Waals surface area contributed by atoms with Crippen LogP contribution in [-0.2, 0) is 6.61 Å². The van der Waals surface area contributed by atoms with E-state index in [0.29, 0.717) is 17.9 Å². The van der Waals surface area contributed by atoms with Gasteiger partial charge in [-0.2, -0.15) is 0 Å². The van der Waals surface area contributed by atoms with E-state index in [1.807, 2.05) is 17.5 Å². The number of hydrogen-bond donors (Lipinski definition) is 1. The lowest BCUT2D eigenvalue weighted by Gasteiger charge is -2.09. The third-order valence-electron chi connectivity index (χ3n) is 2.42. The molecule has 1 aromatic carbocycles. The Balaban J connectivity index is 2.05. The highest BCUT2D eigenvalue weighted by molar-refractivity contribution is 7.09. The van der Waals surface area contributed by atoms with Crippen molar-refractivity contribution in [1.82, 2.24) is 0 Å². The fourth-order valence-electron chi connectivity index (χ4n) is 1.52. The Morgan fingerprint density at radius 2 is 2.24 bits per heavy atom. The van der Waals surface area contributed by atoms with Crippen molar-refractivity contribution in [2.45, 2.75) is 19.6 Å². The van der Waals surface area contributed by atoms with Crippen molar-refractivity contribution in [3.8, 4) is 5.75 Å². The van der Waals surface area contributed by atoms with Gasteiger partial charge < -0.3 is 10.5 Å². The Bertz CT molecular complexity index is 482. The van der Waals surface area contributed by atoms with Gasteiger partial charge in [0.1, 0.15) is 18.2 Å². The molecule has 0 amide bonds. The maximum absolute atomic E-state index is 13.6. The molecular weight excluding hydrogens is 237 g/mol. The summed E-state index contributed by atoms with van der Waals surface area (Å²) in [4.78, 5) is 1.11. The fourth-order valence-corrected chi connectivity index (χ4v) is 2.13. The van der Waals surface area contributed by atoms with Crippen LogP contribution in [0.1, 0.15) is 23.4 Å². The molecular formula is C13H14FNOS. The third kappa shape index (κ3) is 3.05. The summed E-state index contributed by atoms with van der Waals surface area (Å²) < 4.78 is 19.1. The zero-order valence-corrected chi connectivity index (χ0v) is 10.3. The van der Waals surface area contributed by atoms with Crippen molar-refractivity contribution < 1.29 is 9.13 Å². The third-order valence-corrected chi connectivity index (χ3v) is 3.27. The molecule has 4 heteroatoms. The first-order chi connectivity index (χ1) is 8.16. The van der Waals surface area contributed by atoms with E-state index in [-0.39, 0.29) is 11.9 Å². The lowest BCUT2D eigenvalue weighted by atomic mass is 10.1.